The Morgan fingerprint density at radius 2 is 0.714 bits per heavy atom. The molecule has 0 bridgehead atoms. The molecule has 3 rings (SSSR count). The Bertz CT molecular complexity index is 761. The van der Waals surface area contributed by atoms with Crippen LogP contribution < -0.4 is 0 Å². The van der Waals surface area contributed by atoms with Crippen molar-refractivity contribution in [3.8, 4) is 0 Å². The maximum atomic E-state index is 4.25. The molecule has 3 atom stereocenters. The van der Waals surface area contributed by atoms with E-state index in [0.717, 1.165) is 0 Å². The molecule has 0 spiro atoms. The van der Waals surface area contributed by atoms with Crippen LogP contribution in [0.1, 0.15) is 33.3 Å². The Labute approximate surface area is 171 Å². The third kappa shape index (κ3) is 4.32. The van der Waals surface area contributed by atoms with Crippen LogP contribution in [0, 0.1) is 0 Å². The molecule has 0 aliphatic carbocycles. The molecule has 0 N–H and O–H groups in total. The molecule has 0 aliphatic heterocycles. The van der Waals surface area contributed by atoms with Crippen LogP contribution >= 0.6 is 0 Å². The van der Waals surface area contributed by atoms with Crippen molar-refractivity contribution in [3.05, 3.63) is 146 Å². The summed E-state index contributed by atoms with van der Waals surface area (Å²) in [6.07, 6.45) is 6.43. The third-order valence-corrected chi connectivity index (χ3v) is 10.0. The fourth-order valence-electron chi connectivity index (χ4n) is 4.24. The zero-order chi connectivity index (χ0) is 19.8. The van der Waals surface area contributed by atoms with Crippen LogP contribution in [-0.4, -0.2) is 8.80 Å². The molecular formula is C27H28Si. The first-order valence-electron chi connectivity index (χ1n) is 9.82. The number of benzene rings is 3. The normalized spacial score (nSPS) is 15.0. The smallest absolute Gasteiger partial charge is 0.0741 e. The minimum atomic E-state index is -1.61. The molecule has 0 aliphatic rings. The third-order valence-electron chi connectivity index (χ3n) is 5.56. The molecule has 0 radical (unpaired) electrons. The summed E-state index contributed by atoms with van der Waals surface area (Å²) < 4.78 is 0. The van der Waals surface area contributed by atoms with E-state index in [9.17, 15) is 0 Å². The molecular weight excluding hydrogens is 352 g/mol. The minimum Gasteiger partial charge on any atom is -0.103 e. The molecule has 140 valence electrons. The van der Waals surface area contributed by atoms with Gasteiger partial charge >= 0.3 is 0 Å². The van der Waals surface area contributed by atoms with Crippen molar-refractivity contribution >= 4 is 8.80 Å². The predicted octanol–water partition coefficient (Wildman–Crippen LogP) is 6.74. The number of hydrogen-bond acceptors (Lipinski definition) is 0. The summed E-state index contributed by atoms with van der Waals surface area (Å²) in [6.45, 7) is 12.7. The van der Waals surface area contributed by atoms with Gasteiger partial charge in [0.25, 0.3) is 0 Å². The number of hydrogen-bond donors (Lipinski definition) is 0. The summed E-state index contributed by atoms with van der Waals surface area (Å²) in [4.78, 5) is 0. The maximum Gasteiger partial charge on any atom is 0.0741 e. The second-order valence-electron chi connectivity index (χ2n) is 7.09. The van der Waals surface area contributed by atoms with Crippen molar-refractivity contribution in [2.24, 2.45) is 0 Å². The summed E-state index contributed by atoms with van der Waals surface area (Å²) in [6, 6.07) is 32.3. The van der Waals surface area contributed by atoms with Crippen LogP contribution in [0.3, 0.4) is 0 Å². The molecule has 3 unspecified atom stereocenters. The quantitative estimate of drug-likeness (QED) is 0.285. The highest BCUT2D eigenvalue weighted by Gasteiger charge is 2.35. The van der Waals surface area contributed by atoms with E-state index in [4.69, 9.17) is 0 Å². The van der Waals surface area contributed by atoms with Crippen LogP contribution in [0.15, 0.2) is 129 Å². The van der Waals surface area contributed by atoms with Gasteiger partial charge in [-0.3, -0.25) is 0 Å². The standard InChI is InChI=1S/C27H28Si/c1-4-25(22-16-10-7-11-17-22)28(26(5-2)23-18-12-8-13-19-23)27(6-3)24-20-14-9-15-21-24/h4-21,25-28H,1-3H2. The summed E-state index contributed by atoms with van der Waals surface area (Å²) in [5.74, 6) is 0. The van der Waals surface area contributed by atoms with Gasteiger partial charge in [0.2, 0.25) is 0 Å². The highest BCUT2D eigenvalue weighted by molar-refractivity contribution is 6.65. The van der Waals surface area contributed by atoms with Crippen LogP contribution in [0.2, 0.25) is 0 Å². The van der Waals surface area contributed by atoms with Crippen molar-refractivity contribution in [1.29, 1.82) is 0 Å². The van der Waals surface area contributed by atoms with Gasteiger partial charge in [0.05, 0.1) is 8.80 Å². The topological polar surface area (TPSA) is 0 Å². The van der Waals surface area contributed by atoms with Crippen molar-refractivity contribution in [2.75, 3.05) is 0 Å². The van der Waals surface area contributed by atoms with Gasteiger partial charge in [0, 0.05) is 0 Å². The lowest BCUT2D eigenvalue weighted by Gasteiger charge is -2.35. The van der Waals surface area contributed by atoms with Gasteiger partial charge in [-0.25, -0.2) is 0 Å². The van der Waals surface area contributed by atoms with E-state index in [2.05, 4.69) is 129 Å². The van der Waals surface area contributed by atoms with Crippen molar-refractivity contribution < 1.29 is 0 Å². The van der Waals surface area contributed by atoms with Gasteiger partial charge in [-0.2, -0.15) is 0 Å². The maximum absolute atomic E-state index is 4.25. The highest BCUT2D eigenvalue weighted by atomic mass is 28.3. The zero-order valence-electron chi connectivity index (χ0n) is 16.3. The molecule has 3 aromatic rings. The first-order valence-corrected chi connectivity index (χ1v) is 11.8. The molecule has 0 saturated heterocycles. The molecule has 0 saturated carbocycles. The van der Waals surface area contributed by atoms with Gasteiger partial charge in [0.15, 0.2) is 0 Å². The number of rotatable bonds is 9. The van der Waals surface area contributed by atoms with Gasteiger partial charge in [-0.05, 0) is 33.3 Å². The Kier molecular flexibility index (Phi) is 6.99. The average Bonchev–Trinajstić information content (AvgIpc) is 2.77. The fourth-order valence-corrected chi connectivity index (χ4v) is 8.53. The molecule has 28 heavy (non-hydrogen) atoms. The SMILES string of the molecule is C=CC(c1ccccc1)[SiH](C(C=C)c1ccccc1)C(C=C)c1ccccc1. The lowest BCUT2D eigenvalue weighted by molar-refractivity contribution is 0.986. The summed E-state index contributed by atoms with van der Waals surface area (Å²) in [5.41, 5.74) is 4.94. The first-order chi connectivity index (χ1) is 13.8. The summed E-state index contributed by atoms with van der Waals surface area (Å²) in [7, 11) is -1.61. The van der Waals surface area contributed by atoms with Gasteiger partial charge in [0.1, 0.15) is 0 Å². The molecule has 0 aromatic heterocycles. The largest absolute Gasteiger partial charge is 0.103 e. The van der Waals surface area contributed by atoms with Crippen LogP contribution in [0.5, 0.6) is 0 Å². The molecule has 0 amide bonds. The van der Waals surface area contributed by atoms with E-state index in [-0.39, 0.29) is 0 Å². The Morgan fingerprint density at radius 3 is 0.929 bits per heavy atom. The average molecular weight is 381 g/mol. The van der Waals surface area contributed by atoms with Crippen LogP contribution in [0.25, 0.3) is 0 Å². The van der Waals surface area contributed by atoms with Crippen molar-refractivity contribution in [3.63, 3.8) is 0 Å². The van der Waals surface area contributed by atoms with E-state index < -0.39 is 8.80 Å². The lowest BCUT2D eigenvalue weighted by Crippen LogP contribution is -2.36. The second-order valence-corrected chi connectivity index (χ2v) is 10.4. The molecule has 0 heterocycles. The monoisotopic (exact) mass is 380 g/mol. The lowest BCUT2D eigenvalue weighted by atomic mass is 10.1. The summed E-state index contributed by atoms with van der Waals surface area (Å²) >= 11 is 0. The van der Waals surface area contributed by atoms with Crippen molar-refractivity contribution in [2.45, 2.75) is 16.6 Å². The fraction of sp³-hybridized carbons (Fsp3) is 0.111. The Hall–Kier alpha value is -2.90. The molecule has 0 fully saturated rings. The number of allylic oxidation sites excluding steroid dienone is 3. The Morgan fingerprint density at radius 1 is 0.464 bits per heavy atom. The molecule has 3 aromatic carbocycles. The predicted molar refractivity (Wildman–Crippen MR) is 125 cm³/mol. The molecule has 1 heteroatoms. The van der Waals surface area contributed by atoms with Crippen molar-refractivity contribution in [1.82, 2.24) is 0 Å². The van der Waals surface area contributed by atoms with Gasteiger partial charge < -0.3 is 0 Å². The first kappa shape index (κ1) is 19.8. The summed E-state index contributed by atoms with van der Waals surface area (Å²) in [5, 5.41) is 0. The molecule has 0 nitrogen and oxygen atoms in total. The van der Waals surface area contributed by atoms with E-state index in [1.54, 1.807) is 0 Å². The van der Waals surface area contributed by atoms with E-state index in [1.807, 2.05) is 0 Å². The van der Waals surface area contributed by atoms with E-state index in [0.29, 0.717) is 16.6 Å². The van der Waals surface area contributed by atoms with Crippen LogP contribution in [0.4, 0.5) is 0 Å². The zero-order valence-corrected chi connectivity index (χ0v) is 17.5. The van der Waals surface area contributed by atoms with E-state index >= 15 is 0 Å². The minimum absolute atomic E-state index is 0.313. The second kappa shape index (κ2) is 9.87. The van der Waals surface area contributed by atoms with E-state index in [1.165, 1.54) is 16.7 Å². The Balaban J connectivity index is 2.16. The van der Waals surface area contributed by atoms with Gasteiger partial charge in [-0.15, -0.1) is 19.7 Å². The highest BCUT2D eigenvalue weighted by Crippen LogP contribution is 2.39. The van der Waals surface area contributed by atoms with Gasteiger partial charge in [-0.1, -0.05) is 109 Å². The van der Waals surface area contributed by atoms with Crippen LogP contribution in [-0.2, 0) is 0 Å².